The molecule has 2 rings (SSSR count). The average Bonchev–Trinajstić information content (AvgIpc) is 2.91. The molecule has 0 aliphatic heterocycles. The zero-order valence-corrected chi connectivity index (χ0v) is 12.4. The number of hydrogen-bond acceptors (Lipinski definition) is 4. The minimum atomic E-state index is -0.485. The maximum absolute atomic E-state index is 12.3. The van der Waals surface area contributed by atoms with Gasteiger partial charge in [0.15, 0.2) is 0 Å². The van der Waals surface area contributed by atoms with Crippen LogP contribution in [0.3, 0.4) is 0 Å². The fourth-order valence-corrected chi connectivity index (χ4v) is 2.94. The van der Waals surface area contributed by atoms with Crippen LogP contribution in [0.5, 0.6) is 0 Å². The van der Waals surface area contributed by atoms with E-state index in [2.05, 4.69) is 17.6 Å². The summed E-state index contributed by atoms with van der Waals surface area (Å²) < 4.78 is 0. The molecule has 6 nitrogen and oxygen atoms in total. The summed E-state index contributed by atoms with van der Waals surface area (Å²) in [5, 5.41) is 16.7. The highest BCUT2D eigenvalue weighted by Crippen LogP contribution is 2.37. The Morgan fingerprint density at radius 1 is 1.38 bits per heavy atom. The molecule has 0 spiro atoms. The van der Waals surface area contributed by atoms with Gasteiger partial charge in [0.05, 0.1) is 10.5 Å². The number of rotatable bonds is 5. The first-order valence-corrected chi connectivity index (χ1v) is 7.20. The van der Waals surface area contributed by atoms with E-state index in [1.165, 1.54) is 25.0 Å². The van der Waals surface area contributed by atoms with E-state index in [4.69, 9.17) is 0 Å². The Morgan fingerprint density at radius 3 is 2.62 bits per heavy atom. The van der Waals surface area contributed by atoms with Crippen molar-refractivity contribution >= 4 is 17.3 Å². The highest BCUT2D eigenvalue weighted by molar-refractivity contribution is 6.01. The third-order valence-corrected chi connectivity index (χ3v) is 4.22. The molecule has 1 aliphatic rings. The van der Waals surface area contributed by atoms with Crippen LogP contribution in [0.15, 0.2) is 18.2 Å². The predicted molar refractivity (Wildman–Crippen MR) is 81.6 cm³/mol. The molecule has 0 aromatic heterocycles. The Balaban J connectivity index is 2.15. The van der Waals surface area contributed by atoms with Gasteiger partial charge in [-0.2, -0.15) is 0 Å². The Labute approximate surface area is 124 Å². The second-order valence-electron chi connectivity index (χ2n) is 5.91. The van der Waals surface area contributed by atoms with Gasteiger partial charge in [-0.25, -0.2) is 0 Å². The van der Waals surface area contributed by atoms with E-state index in [1.807, 2.05) is 0 Å². The fourth-order valence-electron chi connectivity index (χ4n) is 2.94. The molecule has 1 aromatic rings. The van der Waals surface area contributed by atoms with Gasteiger partial charge in [0.25, 0.3) is 11.6 Å². The highest BCUT2D eigenvalue weighted by Gasteiger charge is 2.29. The standard InChI is InChI=1S/C15H21N3O3/c1-15(8-3-4-9-15)10-17-14(19)11-6-5-7-12(18(20)21)13(11)16-2/h5-7,16H,3-4,8-10H2,1-2H3,(H,17,19). The first-order chi connectivity index (χ1) is 9.97. The third-order valence-electron chi connectivity index (χ3n) is 4.22. The summed E-state index contributed by atoms with van der Waals surface area (Å²) >= 11 is 0. The van der Waals surface area contributed by atoms with E-state index >= 15 is 0 Å². The van der Waals surface area contributed by atoms with Crippen molar-refractivity contribution in [1.29, 1.82) is 0 Å². The summed E-state index contributed by atoms with van der Waals surface area (Å²) in [5.74, 6) is -0.267. The van der Waals surface area contributed by atoms with Crippen molar-refractivity contribution < 1.29 is 9.72 Å². The number of carbonyl (C=O) groups is 1. The molecular formula is C15H21N3O3. The zero-order chi connectivity index (χ0) is 15.5. The van der Waals surface area contributed by atoms with E-state index in [0.29, 0.717) is 12.1 Å². The number of nitrogens with one attached hydrogen (secondary N) is 2. The molecule has 1 aliphatic carbocycles. The van der Waals surface area contributed by atoms with E-state index in [9.17, 15) is 14.9 Å². The summed E-state index contributed by atoms with van der Waals surface area (Å²) in [6.45, 7) is 2.78. The Hall–Kier alpha value is -2.11. The van der Waals surface area contributed by atoms with Gasteiger partial charge in [0, 0.05) is 19.7 Å². The van der Waals surface area contributed by atoms with Crippen LogP contribution in [0, 0.1) is 15.5 Å². The predicted octanol–water partition coefficient (Wildman–Crippen LogP) is 2.95. The zero-order valence-electron chi connectivity index (χ0n) is 12.4. The van der Waals surface area contributed by atoms with Gasteiger partial charge in [-0.3, -0.25) is 14.9 Å². The monoisotopic (exact) mass is 291 g/mol. The van der Waals surface area contributed by atoms with Crippen molar-refractivity contribution in [3.05, 3.63) is 33.9 Å². The number of hydrogen-bond donors (Lipinski definition) is 2. The highest BCUT2D eigenvalue weighted by atomic mass is 16.6. The molecule has 0 radical (unpaired) electrons. The maximum atomic E-state index is 12.3. The molecule has 1 amide bonds. The number of carbonyl (C=O) groups excluding carboxylic acids is 1. The largest absolute Gasteiger partial charge is 0.382 e. The molecule has 0 unspecified atom stereocenters. The molecule has 21 heavy (non-hydrogen) atoms. The van der Waals surface area contributed by atoms with Crippen molar-refractivity contribution in [3.8, 4) is 0 Å². The van der Waals surface area contributed by atoms with Crippen molar-refractivity contribution in [1.82, 2.24) is 5.32 Å². The van der Waals surface area contributed by atoms with E-state index < -0.39 is 4.92 Å². The van der Waals surface area contributed by atoms with Crippen molar-refractivity contribution in [2.75, 3.05) is 18.9 Å². The number of nitrogens with zero attached hydrogens (tertiary/aromatic N) is 1. The number of benzene rings is 1. The first kappa shape index (κ1) is 15.3. The van der Waals surface area contributed by atoms with Crippen LogP contribution >= 0.6 is 0 Å². The molecule has 2 N–H and O–H groups in total. The van der Waals surface area contributed by atoms with E-state index in [0.717, 1.165) is 12.8 Å². The molecule has 6 heteroatoms. The van der Waals surface area contributed by atoms with Crippen LogP contribution in [-0.4, -0.2) is 24.4 Å². The fraction of sp³-hybridized carbons (Fsp3) is 0.533. The van der Waals surface area contributed by atoms with Crippen LogP contribution < -0.4 is 10.6 Å². The number of para-hydroxylation sites is 1. The SMILES string of the molecule is CNc1c(C(=O)NCC2(C)CCCC2)cccc1[N+](=O)[O-]. The lowest BCUT2D eigenvalue weighted by Gasteiger charge is -2.23. The molecule has 0 bridgehead atoms. The molecule has 0 atom stereocenters. The first-order valence-electron chi connectivity index (χ1n) is 7.20. The summed E-state index contributed by atoms with van der Waals surface area (Å²) in [6, 6.07) is 4.53. The number of nitro groups is 1. The van der Waals surface area contributed by atoms with Crippen LogP contribution in [0.2, 0.25) is 0 Å². The summed E-state index contributed by atoms with van der Waals surface area (Å²) in [7, 11) is 1.58. The smallest absolute Gasteiger partial charge is 0.293 e. The average molecular weight is 291 g/mol. The lowest BCUT2D eigenvalue weighted by molar-refractivity contribution is -0.384. The van der Waals surface area contributed by atoms with Crippen molar-refractivity contribution in [3.63, 3.8) is 0 Å². The van der Waals surface area contributed by atoms with Crippen LogP contribution in [0.4, 0.5) is 11.4 Å². The molecule has 0 saturated heterocycles. The summed E-state index contributed by atoms with van der Waals surface area (Å²) in [4.78, 5) is 22.8. The van der Waals surface area contributed by atoms with Crippen LogP contribution in [-0.2, 0) is 0 Å². The van der Waals surface area contributed by atoms with Gasteiger partial charge >= 0.3 is 0 Å². The Kier molecular flexibility index (Phi) is 4.45. The Morgan fingerprint density at radius 2 is 2.05 bits per heavy atom. The molecule has 114 valence electrons. The molecule has 1 aromatic carbocycles. The number of anilines is 1. The third kappa shape index (κ3) is 3.32. The maximum Gasteiger partial charge on any atom is 0.293 e. The second kappa shape index (κ2) is 6.11. The minimum Gasteiger partial charge on any atom is -0.382 e. The van der Waals surface area contributed by atoms with Gasteiger partial charge in [0.1, 0.15) is 5.69 Å². The molecule has 0 heterocycles. The summed E-state index contributed by atoms with van der Waals surface area (Å²) in [5.41, 5.74) is 0.637. The van der Waals surface area contributed by atoms with E-state index in [-0.39, 0.29) is 22.7 Å². The van der Waals surface area contributed by atoms with Gasteiger partial charge in [-0.05, 0) is 24.3 Å². The normalized spacial score (nSPS) is 16.5. The van der Waals surface area contributed by atoms with Crippen molar-refractivity contribution in [2.45, 2.75) is 32.6 Å². The molecule has 1 fully saturated rings. The van der Waals surface area contributed by atoms with Gasteiger partial charge in [-0.1, -0.05) is 25.8 Å². The summed E-state index contributed by atoms with van der Waals surface area (Å²) in [6.07, 6.45) is 4.62. The van der Waals surface area contributed by atoms with Gasteiger partial charge in [-0.15, -0.1) is 0 Å². The second-order valence-corrected chi connectivity index (χ2v) is 5.91. The lowest BCUT2D eigenvalue weighted by Crippen LogP contribution is -2.34. The van der Waals surface area contributed by atoms with Gasteiger partial charge < -0.3 is 10.6 Å². The molecular weight excluding hydrogens is 270 g/mol. The Bertz CT molecular complexity index is 551. The van der Waals surface area contributed by atoms with E-state index in [1.54, 1.807) is 13.1 Å². The van der Waals surface area contributed by atoms with Crippen molar-refractivity contribution in [2.24, 2.45) is 5.41 Å². The topological polar surface area (TPSA) is 84.3 Å². The van der Waals surface area contributed by atoms with Crippen LogP contribution in [0.25, 0.3) is 0 Å². The lowest BCUT2D eigenvalue weighted by atomic mass is 9.89. The molecule has 1 saturated carbocycles. The number of nitro benzene ring substituents is 1. The van der Waals surface area contributed by atoms with Crippen LogP contribution in [0.1, 0.15) is 43.0 Å². The quantitative estimate of drug-likeness (QED) is 0.645. The minimum absolute atomic E-state index is 0.0859. The number of amides is 1. The van der Waals surface area contributed by atoms with Gasteiger partial charge in [0.2, 0.25) is 0 Å².